The third-order valence-electron chi connectivity index (χ3n) is 4.13. The smallest absolute Gasteiger partial charge is 0.315 e. The van der Waals surface area contributed by atoms with Crippen LogP contribution >= 0.6 is 0 Å². The van der Waals surface area contributed by atoms with E-state index in [9.17, 15) is 4.79 Å². The predicted octanol–water partition coefficient (Wildman–Crippen LogP) is 1.96. The lowest BCUT2D eigenvalue weighted by molar-refractivity contribution is 0.217. The van der Waals surface area contributed by atoms with Crippen molar-refractivity contribution in [2.45, 2.75) is 44.6 Å². The van der Waals surface area contributed by atoms with E-state index in [2.05, 4.69) is 41.8 Å². The minimum atomic E-state index is -0.221. The normalized spacial score (nSPS) is 22.8. The average molecular weight is 276 g/mol. The molecule has 2 amide bonds. The minimum Gasteiger partial charge on any atom is -0.394 e. The molecule has 0 radical (unpaired) electrons. The third kappa shape index (κ3) is 3.31. The lowest BCUT2D eigenvalue weighted by atomic mass is 9.71. The summed E-state index contributed by atoms with van der Waals surface area (Å²) in [5, 5.41) is 14.6. The van der Waals surface area contributed by atoms with E-state index < -0.39 is 0 Å². The fraction of sp³-hybridized carbons (Fsp3) is 0.562. The second-order valence-electron chi connectivity index (χ2n) is 5.98. The molecule has 2 atom stereocenters. The largest absolute Gasteiger partial charge is 0.394 e. The summed E-state index contributed by atoms with van der Waals surface area (Å²) in [7, 11) is 0. The SMILES string of the molecule is C[C@@H](CO)NC(=O)NCC1(C)CCCc2ccccc21. The summed E-state index contributed by atoms with van der Waals surface area (Å²) in [5.41, 5.74) is 2.74. The first-order valence-electron chi connectivity index (χ1n) is 7.29. The van der Waals surface area contributed by atoms with Gasteiger partial charge in [0.1, 0.15) is 0 Å². The zero-order chi connectivity index (χ0) is 14.6. The van der Waals surface area contributed by atoms with Gasteiger partial charge in [-0.2, -0.15) is 0 Å². The van der Waals surface area contributed by atoms with Crippen molar-refractivity contribution < 1.29 is 9.90 Å². The van der Waals surface area contributed by atoms with Gasteiger partial charge in [0, 0.05) is 12.0 Å². The van der Waals surface area contributed by atoms with Crippen molar-refractivity contribution in [1.82, 2.24) is 10.6 Å². The molecule has 4 heteroatoms. The van der Waals surface area contributed by atoms with Gasteiger partial charge >= 0.3 is 6.03 Å². The number of nitrogens with one attached hydrogen (secondary N) is 2. The molecule has 1 aromatic rings. The minimum absolute atomic E-state index is 0.00532. The second-order valence-corrected chi connectivity index (χ2v) is 5.98. The molecule has 4 nitrogen and oxygen atoms in total. The first-order chi connectivity index (χ1) is 9.55. The van der Waals surface area contributed by atoms with Crippen LogP contribution in [0.4, 0.5) is 4.79 Å². The van der Waals surface area contributed by atoms with Gasteiger partial charge in [0.25, 0.3) is 0 Å². The summed E-state index contributed by atoms with van der Waals surface area (Å²) in [6.07, 6.45) is 3.36. The van der Waals surface area contributed by atoms with Crippen LogP contribution in [-0.4, -0.2) is 30.3 Å². The molecule has 0 fully saturated rings. The van der Waals surface area contributed by atoms with Gasteiger partial charge in [0.05, 0.1) is 12.6 Å². The van der Waals surface area contributed by atoms with Gasteiger partial charge in [-0.25, -0.2) is 4.79 Å². The Balaban J connectivity index is 2.01. The molecule has 0 saturated heterocycles. The number of hydrogen-bond acceptors (Lipinski definition) is 2. The standard InChI is InChI=1S/C16H24N2O2/c1-12(10-19)18-15(20)17-11-16(2)9-5-7-13-6-3-4-8-14(13)16/h3-4,6,8,12,19H,5,7,9-11H2,1-2H3,(H2,17,18,20)/t12-,16?/m0/s1. The van der Waals surface area contributed by atoms with E-state index in [1.807, 2.05) is 0 Å². The van der Waals surface area contributed by atoms with Crippen molar-refractivity contribution >= 4 is 6.03 Å². The van der Waals surface area contributed by atoms with Crippen LogP contribution in [0.3, 0.4) is 0 Å². The van der Waals surface area contributed by atoms with Crippen molar-refractivity contribution in [2.75, 3.05) is 13.2 Å². The number of carbonyl (C=O) groups excluding carboxylic acids is 1. The molecule has 0 aromatic heterocycles. The topological polar surface area (TPSA) is 61.4 Å². The average Bonchev–Trinajstić information content (AvgIpc) is 2.46. The fourth-order valence-electron chi connectivity index (χ4n) is 2.91. The van der Waals surface area contributed by atoms with Crippen LogP contribution in [0.2, 0.25) is 0 Å². The lowest BCUT2D eigenvalue weighted by Crippen LogP contribution is -2.47. The van der Waals surface area contributed by atoms with E-state index in [0.717, 1.165) is 19.3 Å². The molecular formula is C16H24N2O2. The van der Waals surface area contributed by atoms with Gasteiger partial charge in [-0.15, -0.1) is 0 Å². The highest BCUT2D eigenvalue weighted by Crippen LogP contribution is 2.36. The van der Waals surface area contributed by atoms with Gasteiger partial charge in [0.2, 0.25) is 0 Å². The van der Waals surface area contributed by atoms with Crippen LogP contribution in [0.1, 0.15) is 37.8 Å². The number of amides is 2. The van der Waals surface area contributed by atoms with Gasteiger partial charge < -0.3 is 15.7 Å². The molecule has 1 aliphatic rings. The highest BCUT2D eigenvalue weighted by atomic mass is 16.3. The van der Waals surface area contributed by atoms with Crippen molar-refractivity contribution in [1.29, 1.82) is 0 Å². The Labute approximate surface area is 120 Å². The summed E-state index contributed by atoms with van der Waals surface area (Å²) < 4.78 is 0. The van der Waals surface area contributed by atoms with Crippen molar-refractivity contribution in [3.63, 3.8) is 0 Å². The van der Waals surface area contributed by atoms with Crippen LogP contribution in [0, 0.1) is 0 Å². The van der Waals surface area contributed by atoms with E-state index in [1.165, 1.54) is 11.1 Å². The van der Waals surface area contributed by atoms with E-state index >= 15 is 0 Å². The molecule has 1 unspecified atom stereocenters. The number of carbonyl (C=O) groups is 1. The Hall–Kier alpha value is -1.55. The Kier molecular flexibility index (Phi) is 4.65. The molecule has 0 bridgehead atoms. The number of urea groups is 1. The first kappa shape index (κ1) is 14.9. The van der Waals surface area contributed by atoms with Gasteiger partial charge in [-0.1, -0.05) is 31.2 Å². The number of aliphatic hydroxyl groups is 1. The molecule has 3 N–H and O–H groups in total. The summed E-state index contributed by atoms with van der Waals surface area (Å²) in [5.74, 6) is 0. The van der Waals surface area contributed by atoms with Crippen molar-refractivity contribution in [3.05, 3.63) is 35.4 Å². The molecule has 0 spiro atoms. The number of fused-ring (bicyclic) bond motifs is 1. The van der Waals surface area contributed by atoms with Gasteiger partial charge in [-0.05, 0) is 37.3 Å². The number of aliphatic hydroxyl groups excluding tert-OH is 1. The number of benzene rings is 1. The molecule has 2 rings (SSSR count). The lowest BCUT2D eigenvalue weighted by Gasteiger charge is -2.36. The maximum Gasteiger partial charge on any atom is 0.315 e. The van der Waals surface area contributed by atoms with E-state index in [-0.39, 0.29) is 24.1 Å². The Morgan fingerprint density at radius 1 is 1.45 bits per heavy atom. The predicted molar refractivity (Wildman–Crippen MR) is 79.8 cm³/mol. The van der Waals surface area contributed by atoms with Gasteiger partial charge in [-0.3, -0.25) is 0 Å². The maximum absolute atomic E-state index is 11.8. The summed E-state index contributed by atoms with van der Waals surface area (Å²) in [4.78, 5) is 11.8. The quantitative estimate of drug-likeness (QED) is 0.787. The Morgan fingerprint density at radius 2 is 2.20 bits per heavy atom. The molecule has 20 heavy (non-hydrogen) atoms. The van der Waals surface area contributed by atoms with E-state index in [1.54, 1.807) is 6.92 Å². The van der Waals surface area contributed by atoms with E-state index in [4.69, 9.17) is 5.11 Å². The van der Waals surface area contributed by atoms with Crippen LogP contribution in [0.5, 0.6) is 0 Å². The molecule has 1 aliphatic carbocycles. The summed E-state index contributed by atoms with van der Waals surface area (Å²) in [6.45, 7) is 4.56. The second kappa shape index (κ2) is 6.27. The molecule has 110 valence electrons. The van der Waals surface area contributed by atoms with Gasteiger partial charge in [0.15, 0.2) is 0 Å². The molecule has 1 aromatic carbocycles. The summed E-state index contributed by atoms with van der Waals surface area (Å²) in [6, 6.07) is 8.06. The molecular weight excluding hydrogens is 252 g/mol. The third-order valence-corrected chi connectivity index (χ3v) is 4.13. The molecule has 0 heterocycles. The molecule has 0 aliphatic heterocycles. The monoisotopic (exact) mass is 276 g/mol. The number of aryl methyl sites for hydroxylation is 1. The molecule has 0 saturated carbocycles. The van der Waals surface area contributed by atoms with Crippen LogP contribution in [-0.2, 0) is 11.8 Å². The van der Waals surface area contributed by atoms with Crippen LogP contribution in [0.25, 0.3) is 0 Å². The number of rotatable bonds is 4. The van der Waals surface area contributed by atoms with Crippen molar-refractivity contribution in [3.8, 4) is 0 Å². The first-order valence-corrected chi connectivity index (χ1v) is 7.29. The highest BCUT2D eigenvalue weighted by Gasteiger charge is 2.32. The van der Waals surface area contributed by atoms with E-state index in [0.29, 0.717) is 6.54 Å². The van der Waals surface area contributed by atoms with Crippen molar-refractivity contribution in [2.24, 2.45) is 0 Å². The van der Waals surface area contributed by atoms with Crippen LogP contribution < -0.4 is 10.6 Å². The maximum atomic E-state index is 11.8. The van der Waals surface area contributed by atoms with Crippen LogP contribution in [0.15, 0.2) is 24.3 Å². The Morgan fingerprint density at radius 3 is 2.95 bits per heavy atom. The Bertz CT molecular complexity index is 475. The zero-order valence-corrected chi connectivity index (χ0v) is 12.3. The summed E-state index contributed by atoms with van der Waals surface area (Å²) >= 11 is 0. The fourth-order valence-corrected chi connectivity index (χ4v) is 2.91. The zero-order valence-electron chi connectivity index (χ0n) is 12.3. The highest BCUT2D eigenvalue weighted by molar-refractivity contribution is 5.74. The number of hydrogen-bond donors (Lipinski definition) is 3.